The van der Waals surface area contributed by atoms with Crippen molar-refractivity contribution in [3.63, 3.8) is 0 Å². The zero-order valence-electron chi connectivity index (χ0n) is 16.1. The largest absolute Gasteiger partial charge is 0.489 e. The van der Waals surface area contributed by atoms with Gasteiger partial charge < -0.3 is 20.5 Å². The first kappa shape index (κ1) is 19.8. The van der Waals surface area contributed by atoms with E-state index in [4.69, 9.17) is 10.5 Å². The van der Waals surface area contributed by atoms with Crippen LogP contribution in [0.15, 0.2) is 42.5 Å². The highest BCUT2D eigenvalue weighted by atomic mass is 19.1. The quantitative estimate of drug-likeness (QED) is 0.637. The summed E-state index contributed by atoms with van der Waals surface area (Å²) in [5.74, 6) is -1.01. The molecule has 3 N–H and O–H groups in total. The van der Waals surface area contributed by atoms with Crippen LogP contribution < -0.4 is 10.5 Å². The summed E-state index contributed by atoms with van der Waals surface area (Å²) >= 11 is 0. The number of amides is 2. The van der Waals surface area contributed by atoms with E-state index in [1.807, 2.05) is 0 Å². The Morgan fingerprint density at radius 3 is 2.80 bits per heavy atom. The van der Waals surface area contributed by atoms with Gasteiger partial charge in [-0.25, -0.2) is 4.39 Å². The maximum absolute atomic E-state index is 13.8. The molecule has 9 heteroatoms. The molecule has 30 heavy (non-hydrogen) atoms. The van der Waals surface area contributed by atoms with Crippen molar-refractivity contribution in [2.45, 2.75) is 25.6 Å². The molecule has 0 aliphatic carbocycles. The van der Waals surface area contributed by atoms with Crippen molar-refractivity contribution in [3.05, 3.63) is 59.5 Å². The van der Waals surface area contributed by atoms with Gasteiger partial charge in [0.15, 0.2) is 0 Å². The molecule has 3 aromatic rings. The maximum atomic E-state index is 13.8. The molecule has 1 aromatic heterocycles. The van der Waals surface area contributed by atoms with Crippen LogP contribution in [0.5, 0.6) is 5.75 Å². The Bertz CT molecular complexity index is 1110. The van der Waals surface area contributed by atoms with Gasteiger partial charge in [-0.3, -0.25) is 14.3 Å². The fraction of sp³-hybridized carbons (Fsp3) is 0.286. The summed E-state index contributed by atoms with van der Waals surface area (Å²) in [5, 5.41) is 14.6. The van der Waals surface area contributed by atoms with Crippen molar-refractivity contribution in [2.24, 2.45) is 5.73 Å². The first-order valence-corrected chi connectivity index (χ1v) is 9.57. The number of nitrogens with zero attached hydrogens (tertiary/aromatic N) is 3. The molecular formula is C21H21FN4O4. The van der Waals surface area contributed by atoms with E-state index >= 15 is 0 Å². The number of fused-ring (bicyclic) bond motifs is 3. The summed E-state index contributed by atoms with van der Waals surface area (Å²) in [6.07, 6.45) is 0.563. The molecule has 1 unspecified atom stereocenters. The molecule has 0 fully saturated rings. The van der Waals surface area contributed by atoms with E-state index in [1.165, 1.54) is 11.0 Å². The predicted octanol–water partition coefficient (Wildman–Crippen LogP) is 1.45. The first-order valence-electron chi connectivity index (χ1n) is 9.57. The lowest BCUT2D eigenvalue weighted by Gasteiger charge is -2.26. The third-order valence-electron chi connectivity index (χ3n) is 5.17. The number of aryl methyl sites for hydroxylation is 1. The fourth-order valence-corrected chi connectivity index (χ4v) is 3.64. The van der Waals surface area contributed by atoms with Crippen LogP contribution in [0.3, 0.4) is 0 Å². The van der Waals surface area contributed by atoms with Crippen LogP contribution >= 0.6 is 0 Å². The average molecular weight is 412 g/mol. The summed E-state index contributed by atoms with van der Waals surface area (Å²) in [4.78, 5) is 26.1. The lowest BCUT2D eigenvalue weighted by molar-refractivity contribution is -0.123. The molecule has 2 heterocycles. The van der Waals surface area contributed by atoms with E-state index in [9.17, 15) is 19.1 Å². The van der Waals surface area contributed by atoms with Gasteiger partial charge in [0, 0.05) is 30.1 Å². The molecule has 156 valence electrons. The molecular weight excluding hydrogens is 391 g/mol. The minimum absolute atomic E-state index is 0.0647. The highest BCUT2D eigenvalue weighted by molar-refractivity contribution is 6.06. The van der Waals surface area contributed by atoms with Crippen molar-refractivity contribution >= 4 is 22.7 Å². The van der Waals surface area contributed by atoms with E-state index in [0.29, 0.717) is 47.4 Å². The second kappa shape index (κ2) is 8.11. The number of hydrogen-bond donors (Lipinski definition) is 2. The highest BCUT2D eigenvalue weighted by Crippen LogP contribution is 2.27. The van der Waals surface area contributed by atoms with E-state index in [0.717, 1.165) is 0 Å². The van der Waals surface area contributed by atoms with Gasteiger partial charge in [-0.15, -0.1) is 0 Å². The van der Waals surface area contributed by atoms with Crippen molar-refractivity contribution in [1.29, 1.82) is 0 Å². The smallest absolute Gasteiger partial charge is 0.273 e. The van der Waals surface area contributed by atoms with Gasteiger partial charge in [-0.2, -0.15) is 5.10 Å². The summed E-state index contributed by atoms with van der Waals surface area (Å²) in [6.45, 7) is 0.298. The fourth-order valence-electron chi connectivity index (χ4n) is 3.64. The molecule has 1 aliphatic heterocycles. The van der Waals surface area contributed by atoms with E-state index in [2.05, 4.69) is 5.10 Å². The van der Waals surface area contributed by atoms with Crippen LogP contribution in [0, 0.1) is 5.82 Å². The number of primary amides is 1. The molecule has 2 amide bonds. The number of rotatable bonds is 6. The summed E-state index contributed by atoms with van der Waals surface area (Å²) < 4.78 is 21.1. The second-order valence-corrected chi connectivity index (χ2v) is 7.08. The summed E-state index contributed by atoms with van der Waals surface area (Å²) in [5.41, 5.74) is 6.67. The summed E-state index contributed by atoms with van der Waals surface area (Å²) in [6, 6.07) is 10.4. The monoisotopic (exact) mass is 412 g/mol. The van der Waals surface area contributed by atoms with Crippen molar-refractivity contribution < 1.29 is 23.8 Å². The Labute approximate surface area is 171 Å². The predicted molar refractivity (Wildman–Crippen MR) is 106 cm³/mol. The zero-order valence-corrected chi connectivity index (χ0v) is 16.1. The number of carbonyl (C=O) groups is 2. The van der Waals surface area contributed by atoms with Gasteiger partial charge in [-0.1, -0.05) is 18.2 Å². The number of ether oxygens (including phenoxy) is 1. The number of carbonyl (C=O) groups excluding carboxylic acids is 2. The molecule has 1 aliphatic rings. The molecule has 0 spiro atoms. The van der Waals surface area contributed by atoms with Crippen LogP contribution in [-0.4, -0.2) is 50.8 Å². The molecule has 2 aromatic carbocycles. The van der Waals surface area contributed by atoms with Gasteiger partial charge >= 0.3 is 0 Å². The molecule has 0 saturated heterocycles. The van der Waals surface area contributed by atoms with Gasteiger partial charge in [0.05, 0.1) is 12.1 Å². The maximum Gasteiger partial charge on any atom is 0.273 e. The van der Waals surface area contributed by atoms with Crippen LogP contribution in [0.4, 0.5) is 4.39 Å². The van der Waals surface area contributed by atoms with Crippen LogP contribution in [0.25, 0.3) is 10.9 Å². The Morgan fingerprint density at radius 1 is 1.27 bits per heavy atom. The summed E-state index contributed by atoms with van der Waals surface area (Å²) in [7, 11) is 0. The molecule has 1 atom stereocenters. The molecule has 4 rings (SSSR count). The van der Waals surface area contributed by atoms with E-state index < -0.39 is 24.5 Å². The van der Waals surface area contributed by atoms with Crippen LogP contribution in [-0.2, 0) is 17.9 Å². The SMILES string of the molecule is NC(=O)C(CO)N1CCCn2nc3cc(OCc4ccccc4F)ccc3c2C1=O. The molecule has 0 bridgehead atoms. The van der Waals surface area contributed by atoms with E-state index in [-0.39, 0.29) is 12.4 Å². The Balaban J connectivity index is 1.63. The minimum atomic E-state index is -1.09. The Hall–Kier alpha value is -3.46. The molecule has 0 saturated carbocycles. The lowest BCUT2D eigenvalue weighted by atomic mass is 10.1. The van der Waals surface area contributed by atoms with Crippen molar-refractivity contribution in [1.82, 2.24) is 14.7 Å². The number of aromatic nitrogens is 2. The normalized spacial score (nSPS) is 15.0. The van der Waals surface area contributed by atoms with Gasteiger partial charge in [0.2, 0.25) is 5.91 Å². The second-order valence-electron chi connectivity index (χ2n) is 7.08. The van der Waals surface area contributed by atoms with Gasteiger partial charge in [0.1, 0.15) is 29.9 Å². The van der Waals surface area contributed by atoms with Crippen molar-refractivity contribution in [3.8, 4) is 5.75 Å². The minimum Gasteiger partial charge on any atom is -0.489 e. The molecule has 8 nitrogen and oxygen atoms in total. The number of benzene rings is 2. The van der Waals surface area contributed by atoms with Crippen LogP contribution in [0.2, 0.25) is 0 Å². The van der Waals surface area contributed by atoms with Crippen LogP contribution in [0.1, 0.15) is 22.5 Å². The topological polar surface area (TPSA) is 111 Å². The van der Waals surface area contributed by atoms with Gasteiger partial charge in [-0.05, 0) is 24.6 Å². The third-order valence-corrected chi connectivity index (χ3v) is 5.17. The number of halogens is 1. The van der Waals surface area contributed by atoms with Crippen molar-refractivity contribution in [2.75, 3.05) is 13.2 Å². The Kier molecular flexibility index (Phi) is 5.37. The number of aliphatic hydroxyl groups is 1. The van der Waals surface area contributed by atoms with E-state index in [1.54, 1.807) is 41.1 Å². The number of nitrogens with two attached hydrogens (primary N) is 1. The van der Waals surface area contributed by atoms with Gasteiger partial charge in [0.25, 0.3) is 5.91 Å². The lowest BCUT2D eigenvalue weighted by Crippen LogP contribution is -2.50. The number of aliphatic hydroxyl groups excluding tert-OH is 1. The standard InChI is InChI=1S/C21H21FN4O4/c22-16-5-2-1-4-13(16)12-30-14-6-7-15-17(10-14)24-26-9-3-8-25(21(29)19(15)26)18(11-27)20(23)28/h1-2,4-7,10,18,27H,3,8-9,11-12H2,(H2,23,28). The highest BCUT2D eigenvalue weighted by Gasteiger charge is 2.33. The average Bonchev–Trinajstić information content (AvgIpc) is 3.01. The third kappa shape index (κ3) is 3.59. The Morgan fingerprint density at radius 2 is 2.07 bits per heavy atom. The zero-order chi connectivity index (χ0) is 21.3. The molecule has 0 radical (unpaired) electrons. The number of hydrogen-bond acceptors (Lipinski definition) is 5. The first-order chi connectivity index (χ1) is 14.5.